The van der Waals surface area contributed by atoms with Crippen LogP contribution in [0.5, 0.6) is 5.75 Å². The van der Waals surface area contributed by atoms with E-state index in [9.17, 15) is 0 Å². The number of methoxy groups -OCH3 is 1. The Balaban J connectivity index is 2.20. The van der Waals surface area contributed by atoms with Gasteiger partial charge >= 0.3 is 0 Å². The van der Waals surface area contributed by atoms with Crippen LogP contribution in [-0.2, 0) is 0 Å². The zero-order valence-electron chi connectivity index (χ0n) is 11.6. The van der Waals surface area contributed by atoms with Crippen molar-refractivity contribution in [3.63, 3.8) is 0 Å². The first-order chi connectivity index (χ1) is 8.86. The molecule has 0 bridgehead atoms. The molecule has 0 amide bonds. The third-order valence-electron chi connectivity index (χ3n) is 3.96. The van der Waals surface area contributed by atoms with Crippen LogP contribution in [0.1, 0.15) is 50.6 Å². The molecule has 18 heavy (non-hydrogen) atoms. The van der Waals surface area contributed by atoms with Crippen LogP contribution >= 0.6 is 0 Å². The first kappa shape index (κ1) is 13.4. The Kier molecular flexibility index (Phi) is 5.06. The molecule has 1 aliphatic carbocycles. The highest BCUT2D eigenvalue weighted by Gasteiger charge is 2.27. The normalized spacial score (nSPS) is 17.9. The topological polar surface area (TPSA) is 21.3 Å². The summed E-state index contributed by atoms with van der Waals surface area (Å²) in [7, 11) is 1.77. The zero-order chi connectivity index (χ0) is 12.8. The molecule has 1 fully saturated rings. The molecule has 100 valence electrons. The molecule has 1 N–H and O–H groups in total. The standard InChI is InChI=1S/C16H25NO/c1-3-12-17-16(13-8-4-5-9-13)14-10-6-7-11-15(14)18-2/h6-7,10-11,13,16-17H,3-5,8-9,12H2,1-2H3. The van der Waals surface area contributed by atoms with E-state index in [0.717, 1.165) is 18.2 Å². The van der Waals surface area contributed by atoms with E-state index in [4.69, 9.17) is 4.74 Å². The molecule has 2 heteroatoms. The number of para-hydroxylation sites is 1. The summed E-state index contributed by atoms with van der Waals surface area (Å²) >= 11 is 0. The summed E-state index contributed by atoms with van der Waals surface area (Å²) in [6.07, 6.45) is 6.63. The predicted octanol–water partition coefficient (Wildman–Crippen LogP) is 3.93. The lowest BCUT2D eigenvalue weighted by Crippen LogP contribution is -2.28. The molecule has 1 saturated carbocycles. The van der Waals surface area contributed by atoms with Gasteiger partial charge in [-0.25, -0.2) is 0 Å². The first-order valence-electron chi connectivity index (χ1n) is 7.23. The summed E-state index contributed by atoms with van der Waals surface area (Å²) in [6, 6.07) is 8.92. The van der Waals surface area contributed by atoms with E-state index in [0.29, 0.717) is 6.04 Å². The monoisotopic (exact) mass is 247 g/mol. The predicted molar refractivity (Wildman–Crippen MR) is 76.0 cm³/mol. The van der Waals surface area contributed by atoms with Crippen molar-refractivity contribution < 1.29 is 4.74 Å². The Bertz CT molecular complexity index is 358. The van der Waals surface area contributed by atoms with Crippen molar-refractivity contribution in [3.05, 3.63) is 29.8 Å². The quantitative estimate of drug-likeness (QED) is 0.822. The van der Waals surface area contributed by atoms with E-state index in [2.05, 4.69) is 30.4 Å². The van der Waals surface area contributed by atoms with Gasteiger partial charge in [-0.05, 0) is 37.8 Å². The van der Waals surface area contributed by atoms with Gasteiger partial charge in [0.15, 0.2) is 0 Å². The minimum atomic E-state index is 0.462. The number of hydrogen-bond donors (Lipinski definition) is 1. The maximum Gasteiger partial charge on any atom is 0.123 e. The first-order valence-corrected chi connectivity index (χ1v) is 7.23. The number of nitrogens with one attached hydrogen (secondary N) is 1. The lowest BCUT2D eigenvalue weighted by Gasteiger charge is -2.26. The molecule has 1 aromatic carbocycles. The number of benzene rings is 1. The number of hydrogen-bond acceptors (Lipinski definition) is 2. The van der Waals surface area contributed by atoms with E-state index < -0.39 is 0 Å². The van der Waals surface area contributed by atoms with Crippen LogP contribution in [0.25, 0.3) is 0 Å². The van der Waals surface area contributed by atoms with Crippen molar-refractivity contribution in [1.82, 2.24) is 5.32 Å². The van der Waals surface area contributed by atoms with E-state index in [-0.39, 0.29) is 0 Å². The van der Waals surface area contributed by atoms with Crippen LogP contribution in [0.3, 0.4) is 0 Å². The van der Waals surface area contributed by atoms with Crippen molar-refractivity contribution >= 4 is 0 Å². The van der Waals surface area contributed by atoms with Crippen LogP contribution in [-0.4, -0.2) is 13.7 Å². The molecule has 0 aromatic heterocycles. The summed E-state index contributed by atoms with van der Waals surface area (Å²) in [6.45, 7) is 3.31. The summed E-state index contributed by atoms with van der Waals surface area (Å²) in [4.78, 5) is 0. The smallest absolute Gasteiger partial charge is 0.123 e. The molecule has 1 aliphatic rings. The van der Waals surface area contributed by atoms with E-state index in [1.54, 1.807) is 7.11 Å². The van der Waals surface area contributed by atoms with E-state index in [1.807, 2.05) is 6.07 Å². The van der Waals surface area contributed by atoms with Crippen LogP contribution < -0.4 is 10.1 Å². The molecule has 0 heterocycles. The van der Waals surface area contributed by atoms with Gasteiger partial charge in [0, 0.05) is 11.6 Å². The molecule has 1 atom stereocenters. The van der Waals surface area contributed by atoms with Gasteiger partial charge < -0.3 is 10.1 Å². The van der Waals surface area contributed by atoms with Crippen molar-refractivity contribution in [2.24, 2.45) is 5.92 Å². The minimum Gasteiger partial charge on any atom is -0.496 e. The lowest BCUT2D eigenvalue weighted by atomic mass is 9.91. The summed E-state index contributed by atoms with van der Waals surface area (Å²) in [5.41, 5.74) is 1.33. The third-order valence-corrected chi connectivity index (χ3v) is 3.96. The van der Waals surface area contributed by atoms with Gasteiger partial charge in [-0.15, -0.1) is 0 Å². The summed E-state index contributed by atoms with van der Waals surface area (Å²) < 4.78 is 5.53. The largest absolute Gasteiger partial charge is 0.496 e. The second kappa shape index (κ2) is 6.79. The SMILES string of the molecule is CCCNC(c1ccccc1OC)C1CCCC1. The molecule has 1 aromatic rings. The highest BCUT2D eigenvalue weighted by Crippen LogP contribution is 2.38. The molecule has 0 radical (unpaired) electrons. The second-order valence-electron chi connectivity index (χ2n) is 5.22. The van der Waals surface area contributed by atoms with Gasteiger partial charge in [0.25, 0.3) is 0 Å². The van der Waals surface area contributed by atoms with Crippen LogP contribution in [0, 0.1) is 5.92 Å². The van der Waals surface area contributed by atoms with Gasteiger partial charge in [0.1, 0.15) is 5.75 Å². The Labute approximate surface area is 111 Å². The van der Waals surface area contributed by atoms with Gasteiger partial charge in [-0.2, -0.15) is 0 Å². The fraction of sp³-hybridized carbons (Fsp3) is 0.625. The molecule has 0 aliphatic heterocycles. The van der Waals surface area contributed by atoms with E-state index >= 15 is 0 Å². The Morgan fingerprint density at radius 2 is 2.00 bits per heavy atom. The summed E-state index contributed by atoms with van der Waals surface area (Å²) in [5.74, 6) is 1.80. The average Bonchev–Trinajstić information content (AvgIpc) is 2.94. The van der Waals surface area contributed by atoms with Crippen molar-refractivity contribution in [2.45, 2.75) is 45.1 Å². The van der Waals surface area contributed by atoms with Crippen LogP contribution in [0.4, 0.5) is 0 Å². The van der Waals surface area contributed by atoms with E-state index in [1.165, 1.54) is 37.7 Å². The maximum absolute atomic E-state index is 5.53. The van der Waals surface area contributed by atoms with Crippen LogP contribution in [0.15, 0.2) is 24.3 Å². The highest BCUT2D eigenvalue weighted by atomic mass is 16.5. The van der Waals surface area contributed by atoms with Crippen molar-refractivity contribution in [1.29, 1.82) is 0 Å². The Morgan fingerprint density at radius 1 is 1.28 bits per heavy atom. The maximum atomic E-state index is 5.53. The highest BCUT2D eigenvalue weighted by molar-refractivity contribution is 5.36. The molecular weight excluding hydrogens is 222 g/mol. The molecule has 0 spiro atoms. The molecule has 2 rings (SSSR count). The Hall–Kier alpha value is -1.02. The average molecular weight is 247 g/mol. The van der Waals surface area contributed by atoms with Crippen molar-refractivity contribution in [3.8, 4) is 5.75 Å². The van der Waals surface area contributed by atoms with Gasteiger partial charge in [0.05, 0.1) is 7.11 Å². The molecule has 1 unspecified atom stereocenters. The number of rotatable bonds is 6. The molecule has 0 saturated heterocycles. The third kappa shape index (κ3) is 3.05. The van der Waals surface area contributed by atoms with Gasteiger partial charge in [0.2, 0.25) is 0 Å². The fourth-order valence-electron chi connectivity index (χ4n) is 3.04. The number of ether oxygens (including phenoxy) is 1. The van der Waals surface area contributed by atoms with Crippen molar-refractivity contribution in [2.75, 3.05) is 13.7 Å². The molecular formula is C16H25NO. The zero-order valence-corrected chi connectivity index (χ0v) is 11.6. The Morgan fingerprint density at radius 3 is 2.67 bits per heavy atom. The van der Waals surface area contributed by atoms with Crippen LogP contribution in [0.2, 0.25) is 0 Å². The second-order valence-corrected chi connectivity index (χ2v) is 5.22. The van der Waals surface area contributed by atoms with Gasteiger partial charge in [-0.1, -0.05) is 38.0 Å². The lowest BCUT2D eigenvalue weighted by molar-refractivity contribution is 0.345. The summed E-state index contributed by atoms with van der Waals surface area (Å²) in [5, 5.41) is 3.72. The minimum absolute atomic E-state index is 0.462. The fourth-order valence-corrected chi connectivity index (χ4v) is 3.04. The van der Waals surface area contributed by atoms with Gasteiger partial charge in [-0.3, -0.25) is 0 Å². The molecule has 2 nitrogen and oxygen atoms in total.